The predicted octanol–water partition coefficient (Wildman–Crippen LogP) is 3.63. The van der Waals surface area contributed by atoms with Crippen LogP contribution in [0.25, 0.3) is 0 Å². The molecule has 1 aromatic heterocycles. The molecule has 1 heterocycles. The van der Waals surface area contributed by atoms with Gasteiger partial charge in [0.1, 0.15) is 5.01 Å². The van der Waals surface area contributed by atoms with E-state index >= 15 is 0 Å². The number of nitrogens with zero attached hydrogens (tertiary/aromatic N) is 1. The van der Waals surface area contributed by atoms with Crippen molar-refractivity contribution >= 4 is 11.3 Å². The second-order valence-corrected chi connectivity index (χ2v) is 7.51. The molecule has 0 radical (unpaired) electrons. The van der Waals surface area contributed by atoms with E-state index in [1.807, 2.05) is 11.3 Å². The molecule has 1 aromatic rings. The molecule has 2 N–H and O–H groups in total. The van der Waals surface area contributed by atoms with Gasteiger partial charge in [0, 0.05) is 4.88 Å². The molecule has 3 unspecified atom stereocenters. The normalized spacial score (nSPS) is 36.4. The Hall–Kier alpha value is -0.410. The van der Waals surface area contributed by atoms with E-state index in [4.69, 9.17) is 10.7 Å². The molecule has 0 bridgehead atoms. The lowest BCUT2D eigenvalue weighted by atomic mass is 9.70. The van der Waals surface area contributed by atoms with E-state index in [2.05, 4.69) is 13.8 Å². The Morgan fingerprint density at radius 3 is 2.78 bits per heavy atom. The second-order valence-electron chi connectivity index (χ2n) is 6.42. The van der Waals surface area contributed by atoms with Crippen molar-refractivity contribution in [3.63, 3.8) is 0 Å². The van der Waals surface area contributed by atoms with Crippen LogP contribution in [-0.2, 0) is 18.4 Å². The smallest absolute Gasteiger partial charge is 0.113 e. The fourth-order valence-corrected chi connectivity index (χ4v) is 4.90. The van der Waals surface area contributed by atoms with Crippen LogP contribution >= 0.6 is 11.3 Å². The van der Waals surface area contributed by atoms with Crippen LogP contribution in [0.15, 0.2) is 0 Å². The van der Waals surface area contributed by atoms with Gasteiger partial charge in [-0.15, -0.1) is 11.3 Å². The molecule has 0 spiro atoms. The highest BCUT2D eigenvalue weighted by Gasteiger charge is 2.41. The maximum Gasteiger partial charge on any atom is 0.113 e. The molecular formula is C15H24N2S. The third kappa shape index (κ3) is 2.01. The molecule has 0 aromatic carbocycles. The quantitative estimate of drug-likeness (QED) is 0.841. The van der Waals surface area contributed by atoms with Crippen molar-refractivity contribution in [3.05, 3.63) is 15.6 Å². The summed E-state index contributed by atoms with van der Waals surface area (Å²) in [6, 6.07) is 0. The lowest BCUT2D eigenvalue weighted by Crippen LogP contribution is -2.47. The molecule has 1 saturated carbocycles. The van der Waals surface area contributed by atoms with Crippen LogP contribution < -0.4 is 5.73 Å². The number of hydrogen-bond acceptors (Lipinski definition) is 3. The second kappa shape index (κ2) is 4.61. The molecule has 0 amide bonds. The molecular weight excluding hydrogens is 240 g/mol. The van der Waals surface area contributed by atoms with E-state index in [1.165, 1.54) is 54.1 Å². The summed E-state index contributed by atoms with van der Waals surface area (Å²) in [5.74, 6) is 1.31. The first kappa shape index (κ1) is 12.6. The van der Waals surface area contributed by atoms with Gasteiger partial charge in [-0.1, -0.05) is 20.3 Å². The van der Waals surface area contributed by atoms with Crippen LogP contribution in [0.1, 0.15) is 61.5 Å². The van der Waals surface area contributed by atoms with Crippen molar-refractivity contribution in [1.29, 1.82) is 0 Å². The van der Waals surface area contributed by atoms with Crippen LogP contribution in [0.3, 0.4) is 0 Å². The van der Waals surface area contributed by atoms with E-state index in [-0.39, 0.29) is 5.54 Å². The fraction of sp³-hybridized carbons (Fsp3) is 0.800. The molecule has 3 atom stereocenters. The van der Waals surface area contributed by atoms with Gasteiger partial charge in [0.2, 0.25) is 0 Å². The monoisotopic (exact) mass is 264 g/mol. The Bertz CT molecular complexity index is 416. The minimum Gasteiger partial charge on any atom is -0.319 e. The van der Waals surface area contributed by atoms with Crippen LogP contribution in [0.4, 0.5) is 0 Å². The topological polar surface area (TPSA) is 38.9 Å². The zero-order valence-corrected chi connectivity index (χ0v) is 12.4. The molecule has 0 saturated heterocycles. The minimum atomic E-state index is -0.153. The number of aryl methyl sites for hydroxylation is 2. The van der Waals surface area contributed by atoms with Crippen LogP contribution in [-0.4, -0.2) is 4.98 Å². The van der Waals surface area contributed by atoms with Gasteiger partial charge < -0.3 is 5.73 Å². The number of hydrogen-bond donors (Lipinski definition) is 1. The summed E-state index contributed by atoms with van der Waals surface area (Å²) in [5.41, 5.74) is 7.98. The summed E-state index contributed by atoms with van der Waals surface area (Å²) >= 11 is 1.91. The highest BCUT2D eigenvalue weighted by atomic mass is 32.1. The van der Waals surface area contributed by atoms with Gasteiger partial charge in [-0.05, 0) is 50.4 Å². The third-order valence-corrected chi connectivity index (χ3v) is 6.25. The van der Waals surface area contributed by atoms with E-state index in [0.29, 0.717) is 5.92 Å². The first-order valence-electron chi connectivity index (χ1n) is 7.37. The molecule has 0 aliphatic heterocycles. The molecule has 1 fully saturated rings. The van der Waals surface area contributed by atoms with Gasteiger partial charge in [-0.3, -0.25) is 0 Å². The lowest BCUT2D eigenvalue weighted by Gasteiger charge is -2.40. The summed E-state index contributed by atoms with van der Waals surface area (Å²) in [4.78, 5) is 6.44. The van der Waals surface area contributed by atoms with Gasteiger partial charge >= 0.3 is 0 Å². The van der Waals surface area contributed by atoms with Crippen LogP contribution in [0.5, 0.6) is 0 Å². The minimum absolute atomic E-state index is 0.153. The summed E-state index contributed by atoms with van der Waals surface area (Å²) in [6.45, 7) is 4.65. The number of aromatic nitrogens is 1. The van der Waals surface area contributed by atoms with Gasteiger partial charge in [-0.2, -0.15) is 0 Å². The molecule has 100 valence electrons. The number of fused-ring (bicyclic) bond motifs is 1. The Kier molecular flexibility index (Phi) is 3.23. The number of nitrogens with two attached hydrogens (primary N) is 1. The Balaban J connectivity index is 1.94. The highest BCUT2D eigenvalue weighted by Crippen LogP contribution is 2.44. The maximum absolute atomic E-state index is 6.77. The van der Waals surface area contributed by atoms with Crippen LogP contribution in [0, 0.1) is 11.8 Å². The highest BCUT2D eigenvalue weighted by molar-refractivity contribution is 7.11. The average molecular weight is 264 g/mol. The fourth-order valence-electron chi connectivity index (χ4n) is 3.52. The zero-order chi connectivity index (χ0) is 12.8. The van der Waals surface area contributed by atoms with Crippen molar-refractivity contribution in [2.75, 3.05) is 0 Å². The van der Waals surface area contributed by atoms with E-state index in [0.717, 1.165) is 12.3 Å². The lowest BCUT2D eigenvalue weighted by molar-refractivity contribution is 0.161. The Morgan fingerprint density at radius 2 is 2.00 bits per heavy atom. The summed E-state index contributed by atoms with van der Waals surface area (Å²) in [6.07, 6.45) is 8.73. The molecule has 3 rings (SSSR count). The van der Waals surface area contributed by atoms with Crippen LogP contribution in [0.2, 0.25) is 0 Å². The van der Waals surface area contributed by atoms with Crippen molar-refractivity contribution in [3.8, 4) is 0 Å². The van der Waals surface area contributed by atoms with Crippen molar-refractivity contribution in [2.45, 2.75) is 64.3 Å². The SMILES string of the molecule is CC1CCC(C)C(N)(c2nc3c(s2)CCCC3)C1. The van der Waals surface area contributed by atoms with Crippen molar-refractivity contribution in [2.24, 2.45) is 17.6 Å². The first-order valence-corrected chi connectivity index (χ1v) is 8.19. The first-order chi connectivity index (χ1) is 8.59. The van der Waals surface area contributed by atoms with Gasteiger partial charge in [-0.25, -0.2) is 4.98 Å². The molecule has 2 aliphatic rings. The van der Waals surface area contributed by atoms with Gasteiger partial charge in [0.15, 0.2) is 0 Å². The number of rotatable bonds is 1. The zero-order valence-electron chi connectivity index (χ0n) is 11.5. The Labute approximate surface area is 114 Å². The predicted molar refractivity (Wildman–Crippen MR) is 76.8 cm³/mol. The standard InChI is InChI=1S/C15H24N2S/c1-10-7-8-11(2)15(16,9-10)14-17-12-5-3-4-6-13(12)18-14/h10-11H,3-9,16H2,1-2H3. The van der Waals surface area contributed by atoms with Gasteiger partial charge in [0.05, 0.1) is 11.2 Å². The summed E-state index contributed by atoms with van der Waals surface area (Å²) in [7, 11) is 0. The largest absolute Gasteiger partial charge is 0.319 e. The molecule has 2 nitrogen and oxygen atoms in total. The molecule has 18 heavy (non-hydrogen) atoms. The molecule has 2 aliphatic carbocycles. The van der Waals surface area contributed by atoms with Gasteiger partial charge in [0.25, 0.3) is 0 Å². The van der Waals surface area contributed by atoms with E-state index in [1.54, 1.807) is 0 Å². The van der Waals surface area contributed by atoms with Crippen molar-refractivity contribution in [1.82, 2.24) is 4.98 Å². The summed E-state index contributed by atoms with van der Waals surface area (Å²) in [5, 5.41) is 1.23. The van der Waals surface area contributed by atoms with E-state index < -0.39 is 0 Å². The molecule has 3 heteroatoms. The van der Waals surface area contributed by atoms with E-state index in [9.17, 15) is 0 Å². The average Bonchev–Trinajstić information content (AvgIpc) is 2.78. The van der Waals surface area contributed by atoms with Crippen molar-refractivity contribution < 1.29 is 0 Å². The summed E-state index contributed by atoms with van der Waals surface area (Å²) < 4.78 is 0. The third-order valence-electron chi connectivity index (χ3n) is 4.90. The maximum atomic E-state index is 6.77. The number of thiazole rings is 1. The Morgan fingerprint density at radius 1 is 1.22 bits per heavy atom.